The highest BCUT2D eigenvalue weighted by molar-refractivity contribution is 6.30. The molecule has 5 nitrogen and oxygen atoms in total. The second-order valence-electron chi connectivity index (χ2n) is 4.36. The van der Waals surface area contributed by atoms with Crippen molar-refractivity contribution in [2.24, 2.45) is 5.73 Å². The van der Waals surface area contributed by atoms with E-state index in [1.54, 1.807) is 24.3 Å². The standard InChI is InChI=1S/C14H20ClN3O2/c15-12-6-4-11(5-7-12)14(20)18-9-1-3-13(19)17-10-2-8-16/h4-7H,1-3,8-10,16H2,(H,17,19)(H,18,20). The maximum absolute atomic E-state index is 11.7. The van der Waals surface area contributed by atoms with E-state index in [-0.39, 0.29) is 11.8 Å². The first kappa shape index (κ1) is 16.5. The molecule has 1 rings (SSSR count). The number of halogens is 1. The number of carbonyl (C=O) groups excluding carboxylic acids is 2. The third kappa shape index (κ3) is 6.54. The summed E-state index contributed by atoms with van der Waals surface area (Å²) in [6.45, 7) is 1.63. The summed E-state index contributed by atoms with van der Waals surface area (Å²) in [5.41, 5.74) is 5.88. The fourth-order valence-corrected chi connectivity index (χ4v) is 1.70. The predicted molar refractivity (Wildman–Crippen MR) is 79.7 cm³/mol. The molecule has 0 radical (unpaired) electrons. The van der Waals surface area contributed by atoms with Gasteiger partial charge in [0.25, 0.3) is 5.91 Å². The lowest BCUT2D eigenvalue weighted by Crippen LogP contribution is -2.28. The minimum absolute atomic E-state index is 0.0146. The fraction of sp³-hybridized carbons (Fsp3) is 0.429. The summed E-state index contributed by atoms with van der Waals surface area (Å²) in [6.07, 6.45) is 1.78. The average molecular weight is 298 g/mol. The lowest BCUT2D eigenvalue weighted by molar-refractivity contribution is -0.121. The van der Waals surface area contributed by atoms with E-state index in [4.69, 9.17) is 17.3 Å². The Kier molecular flexibility index (Phi) is 7.69. The van der Waals surface area contributed by atoms with Crippen molar-refractivity contribution in [1.29, 1.82) is 0 Å². The molecule has 0 fully saturated rings. The Hall–Kier alpha value is -1.59. The van der Waals surface area contributed by atoms with Crippen LogP contribution in [0.1, 0.15) is 29.6 Å². The molecule has 6 heteroatoms. The smallest absolute Gasteiger partial charge is 0.251 e. The van der Waals surface area contributed by atoms with Crippen LogP contribution in [0.3, 0.4) is 0 Å². The molecule has 4 N–H and O–H groups in total. The van der Waals surface area contributed by atoms with Gasteiger partial charge in [-0.05, 0) is 43.7 Å². The Labute approximate surface area is 123 Å². The number of carbonyl (C=O) groups is 2. The van der Waals surface area contributed by atoms with Crippen LogP contribution < -0.4 is 16.4 Å². The van der Waals surface area contributed by atoms with E-state index in [0.29, 0.717) is 43.1 Å². The van der Waals surface area contributed by atoms with Gasteiger partial charge in [0.1, 0.15) is 0 Å². The van der Waals surface area contributed by atoms with E-state index in [1.807, 2.05) is 0 Å². The molecule has 0 aliphatic heterocycles. The zero-order chi connectivity index (χ0) is 14.8. The largest absolute Gasteiger partial charge is 0.356 e. The van der Waals surface area contributed by atoms with Gasteiger partial charge >= 0.3 is 0 Å². The van der Waals surface area contributed by atoms with Gasteiger partial charge in [-0.2, -0.15) is 0 Å². The van der Waals surface area contributed by atoms with Crippen LogP contribution in [0.5, 0.6) is 0 Å². The van der Waals surface area contributed by atoms with Crippen LogP contribution in [-0.2, 0) is 4.79 Å². The molecule has 0 aliphatic carbocycles. The summed E-state index contributed by atoms with van der Waals surface area (Å²) < 4.78 is 0. The molecule has 1 aromatic carbocycles. The van der Waals surface area contributed by atoms with Crippen molar-refractivity contribution in [3.05, 3.63) is 34.9 Å². The number of benzene rings is 1. The third-order valence-corrected chi connectivity index (χ3v) is 2.93. The number of amides is 2. The van der Waals surface area contributed by atoms with Gasteiger partial charge in [-0.3, -0.25) is 9.59 Å². The molecule has 20 heavy (non-hydrogen) atoms. The molecule has 1 aromatic rings. The first-order valence-corrected chi connectivity index (χ1v) is 7.02. The lowest BCUT2D eigenvalue weighted by Gasteiger charge is -2.06. The molecule has 0 bridgehead atoms. The van der Waals surface area contributed by atoms with Crippen molar-refractivity contribution in [3.8, 4) is 0 Å². The molecule has 0 spiro atoms. The van der Waals surface area contributed by atoms with E-state index in [9.17, 15) is 9.59 Å². The van der Waals surface area contributed by atoms with Crippen molar-refractivity contribution in [2.45, 2.75) is 19.3 Å². The summed E-state index contributed by atoms with van der Waals surface area (Å²) in [4.78, 5) is 23.1. The molecular formula is C14H20ClN3O2. The van der Waals surface area contributed by atoms with E-state index >= 15 is 0 Å². The van der Waals surface area contributed by atoms with E-state index < -0.39 is 0 Å². The summed E-state index contributed by atoms with van der Waals surface area (Å²) in [6, 6.07) is 6.66. The normalized spacial score (nSPS) is 10.1. The Morgan fingerprint density at radius 2 is 1.70 bits per heavy atom. The molecule has 0 unspecified atom stereocenters. The van der Waals surface area contributed by atoms with Gasteiger partial charge in [0.15, 0.2) is 0 Å². The van der Waals surface area contributed by atoms with E-state index in [2.05, 4.69) is 10.6 Å². The monoisotopic (exact) mass is 297 g/mol. The van der Waals surface area contributed by atoms with Crippen LogP contribution in [-0.4, -0.2) is 31.4 Å². The second-order valence-corrected chi connectivity index (χ2v) is 4.79. The van der Waals surface area contributed by atoms with Crippen molar-refractivity contribution < 1.29 is 9.59 Å². The quantitative estimate of drug-likeness (QED) is 0.633. The Balaban J connectivity index is 2.16. The summed E-state index contributed by atoms with van der Waals surface area (Å²) in [5, 5.41) is 6.12. The zero-order valence-corrected chi connectivity index (χ0v) is 12.1. The van der Waals surface area contributed by atoms with Crippen LogP contribution in [0.4, 0.5) is 0 Å². The van der Waals surface area contributed by atoms with E-state index in [1.165, 1.54) is 0 Å². The zero-order valence-electron chi connectivity index (χ0n) is 11.3. The van der Waals surface area contributed by atoms with Gasteiger partial charge in [0.2, 0.25) is 5.91 Å². The van der Waals surface area contributed by atoms with Gasteiger partial charge in [-0.25, -0.2) is 0 Å². The maximum Gasteiger partial charge on any atom is 0.251 e. The average Bonchev–Trinajstić information content (AvgIpc) is 2.44. The van der Waals surface area contributed by atoms with Crippen molar-refractivity contribution in [1.82, 2.24) is 10.6 Å². The second kappa shape index (κ2) is 9.34. The third-order valence-electron chi connectivity index (χ3n) is 2.68. The van der Waals surface area contributed by atoms with Crippen LogP contribution in [0.25, 0.3) is 0 Å². The van der Waals surface area contributed by atoms with Gasteiger partial charge in [0, 0.05) is 30.1 Å². The van der Waals surface area contributed by atoms with Gasteiger partial charge in [0.05, 0.1) is 0 Å². The molecule has 0 atom stereocenters. The molecule has 0 saturated heterocycles. The van der Waals surface area contributed by atoms with Crippen molar-refractivity contribution >= 4 is 23.4 Å². The Morgan fingerprint density at radius 1 is 1.05 bits per heavy atom. The molecule has 0 saturated carbocycles. The fourth-order valence-electron chi connectivity index (χ4n) is 1.57. The molecule has 0 aromatic heterocycles. The van der Waals surface area contributed by atoms with Crippen LogP contribution >= 0.6 is 11.6 Å². The minimum atomic E-state index is -0.162. The topological polar surface area (TPSA) is 84.2 Å². The number of hydrogen-bond acceptors (Lipinski definition) is 3. The van der Waals surface area contributed by atoms with Crippen LogP contribution in [0.15, 0.2) is 24.3 Å². The summed E-state index contributed by atoms with van der Waals surface area (Å²) in [5.74, 6) is -0.176. The number of rotatable bonds is 8. The Morgan fingerprint density at radius 3 is 2.35 bits per heavy atom. The van der Waals surface area contributed by atoms with Gasteiger partial charge in [-0.15, -0.1) is 0 Å². The minimum Gasteiger partial charge on any atom is -0.356 e. The molecule has 0 aliphatic rings. The van der Waals surface area contributed by atoms with Crippen molar-refractivity contribution in [2.75, 3.05) is 19.6 Å². The Bertz CT molecular complexity index is 435. The van der Waals surface area contributed by atoms with Crippen LogP contribution in [0, 0.1) is 0 Å². The first-order chi connectivity index (χ1) is 9.63. The summed E-state index contributed by atoms with van der Waals surface area (Å²) in [7, 11) is 0. The maximum atomic E-state index is 11.7. The molecule has 110 valence electrons. The summed E-state index contributed by atoms with van der Waals surface area (Å²) >= 11 is 5.75. The highest BCUT2D eigenvalue weighted by Gasteiger charge is 2.05. The van der Waals surface area contributed by atoms with Gasteiger partial charge < -0.3 is 16.4 Å². The molecule has 2 amide bonds. The first-order valence-electron chi connectivity index (χ1n) is 6.64. The number of nitrogens with two attached hydrogens (primary N) is 1. The SMILES string of the molecule is NCCCNC(=O)CCCNC(=O)c1ccc(Cl)cc1. The highest BCUT2D eigenvalue weighted by atomic mass is 35.5. The molecule has 0 heterocycles. The lowest BCUT2D eigenvalue weighted by atomic mass is 10.2. The van der Waals surface area contributed by atoms with Gasteiger partial charge in [-0.1, -0.05) is 11.6 Å². The van der Waals surface area contributed by atoms with Crippen LogP contribution in [0.2, 0.25) is 5.02 Å². The number of nitrogens with one attached hydrogen (secondary N) is 2. The van der Waals surface area contributed by atoms with E-state index in [0.717, 1.165) is 6.42 Å². The predicted octanol–water partition coefficient (Wildman–Crippen LogP) is 1.31. The molecular weight excluding hydrogens is 278 g/mol. The highest BCUT2D eigenvalue weighted by Crippen LogP contribution is 2.09. The van der Waals surface area contributed by atoms with Crippen molar-refractivity contribution in [3.63, 3.8) is 0 Å². The number of hydrogen-bond donors (Lipinski definition) is 3.